The Labute approximate surface area is 243 Å². The quantitative estimate of drug-likeness (QED) is 0.295. The minimum Gasteiger partial charge on any atom is -0.349 e. The first-order chi connectivity index (χ1) is 19.9. The number of benzene rings is 1. The average Bonchev–Trinajstić information content (AvgIpc) is 2.95. The van der Waals surface area contributed by atoms with Crippen molar-refractivity contribution in [1.29, 1.82) is 0 Å². The van der Waals surface area contributed by atoms with Crippen molar-refractivity contribution in [2.24, 2.45) is 0 Å². The van der Waals surface area contributed by atoms with E-state index in [9.17, 15) is 9.59 Å². The highest BCUT2D eigenvalue weighted by Gasteiger charge is 2.34. The van der Waals surface area contributed by atoms with Gasteiger partial charge in [0, 0.05) is 36.9 Å². The second kappa shape index (κ2) is 11.1. The highest BCUT2D eigenvalue weighted by Crippen LogP contribution is 2.34. The summed E-state index contributed by atoms with van der Waals surface area (Å²) in [6, 6.07) is 7.00. The monoisotopic (exact) mass is 572 g/mol. The predicted molar refractivity (Wildman–Crippen MR) is 160 cm³/mol. The minimum absolute atomic E-state index is 0.00250. The van der Waals surface area contributed by atoms with Gasteiger partial charge in [-0.3, -0.25) is 9.78 Å². The van der Waals surface area contributed by atoms with Crippen molar-refractivity contribution in [3.05, 3.63) is 88.1 Å². The molecule has 0 bridgehead atoms. The molecule has 5 rings (SSSR count). The van der Waals surface area contributed by atoms with Crippen molar-refractivity contribution >= 4 is 22.8 Å². The summed E-state index contributed by atoms with van der Waals surface area (Å²) in [5.41, 5.74) is 1.99. The molecule has 0 N–H and O–H groups in total. The maximum Gasteiger partial charge on any atom is 0.355 e. The summed E-state index contributed by atoms with van der Waals surface area (Å²) < 4.78 is 32.3. The van der Waals surface area contributed by atoms with Gasteiger partial charge in [0.2, 0.25) is 5.91 Å². The van der Waals surface area contributed by atoms with Crippen LogP contribution in [0.15, 0.2) is 54.0 Å². The Hall–Kier alpha value is -4.47. The van der Waals surface area contributed by atoms with Gasteiger partial charge in [-0.25, -0.2) is 23.1 Å². The summed E-state index contributed by atoms with van der Waals surface area (Å²) >= 11 is 0. The number of carbonyl (C=O) groups excluding carboxylic acids is 1. The van der Waals surface area contributed by atoms with Gasteiger partial charge in [-0.2, -0.15) is 4.98 Å². The molecule has 1 aliphatic rings. The average molecular weight is 573 g/mol. The van der Waals surface area contributed by atoms with Crippen LogP contribution in [0, 0.1) is 25.5 Å². The van der Waals surface area contributed by atoms with Gasteiger partial charge in [0.25, 0.3) is 0 Å². The molecule has 10 heteroatoms. The third-order valence-corrected chi connectivity index (χ3v) is 7.82. The number of rotatable bonds is 5. The van der Waals surface area contributed by atoms with Gasteiger partial charge in [-0.05, 0) is 69.5 Å². The number of piperazine rings is 1. The Kier molecular flexibility index (Phi) is 7.66. The fraction of sp³-hybridized carbons (Fsp3) is 0.344. The van der Waals surface area contributed by atoms with Crippen LogP contribution in [-0.2, 0) is 4.79 Å². The molecule has 1 saturated heterocycles. The van der Waals surface area contributed by atoms with Crippen LogP contribution >= 0.6 is 0 Å². The van der Waals surface area contributed by atoms with Gasteiger partial charge in [0.1, 0.15) is 23.1 Å². The zero-order valence-electron chi connectivity index (χ0n) is 24.7. The Morgan fingerprint density at radius 3 is 2.48 bits per heavy atom. The first-order valence-corrected chi connectivity index (χ1v) is 14.0. The zero-order chi connectivity index (χ0) is 30.5. The summed E-state index contributed by atoms with van der Waals surface area (Å²) in [6.07, 6.45) is 2.96. The number of halogens is 2. The van der Waals surface area contributed by atoms with E-state index in [2.05, 4.69) is 21.5 Å². The Balaban J connectivity index is 1.84. The van der Waals surface area contributed by atoms with Crippen LogP contribution in [0.25, 0.3) is 28.0 Å². The molecule has 1 aromatic carbocycles. The van der Waals surface area contributed by atoms with Crippen LogP contribution in [0.1, 0.15) is 50.4 Å². The van der Waals surface area contributed by atoms with Crippen molar-refractivity contribution < 1.29 is 13.6 Å². The predicted octanol–water partition coefficient (Wildman–Crippen LogP) is 5.47. The Morgan fingerprint density at radius 2 is 1.79 bits per heavy atom. The fourth-order valence-corrected chi connectivity index (χ4v) is 5.67. The van der Waals surface area contributed by atoms with E-state index in [1.807, 2.05) is 39.5 Å². The molecule has 218 valence electrons. The van der Waals surface area contributed by atoms with E-state index in [1.165, 1.54) is 28.8 Å². The topological polar surface area (TPSA) is 84.2 Å². The number of anilines is 1. The van der Waals surface area contributed by atoms with E-state index in [0.717, 1.165) is 11.1 Å². The highest BCUT2D eigenvalue weighted by atomic mass is 19.1. The molecule has 1 amide bonds. The molecule has 2 atom stereocenters. The van der Waals surface area contributed by atoms with Crippen LogP contribution in [0.2, 0.25) is 0 Å². The summed E-state index contributed by atoms with van der Waals surface area (Å²) in [5, 5.41) is 0.296. The lowest BCUT2D eigenvalue weighted by Gasteiger charge is -2.44. The van der Waals surface area contributed by atoms with Gasteiger partial charge in [-0.1, -0.05) is 32.1 Å². The lowest BCUT2D eigenvalue weighted by molar-refractivity contribution is -0.128. The Morgan fingerprint density at radius 1 is 1.05 bits per heavy atom. The van der Waals surface area contributed by atoms with Crippen molar-refractivity contribution in [2.45, 2.75) is 59.5 Å². The fourth-order valence-electron chi connectivity index (χ4n) is 5.67. The van der Waals surface area contributed by atoms with Crippen molar-refractivity contribution in [3.8, 4) is 16.9 Å². The summed E-state index contributed by atoms with van der Waals surface area (Å²) in [6.45, 7) is 15.7. The number of aromatic nitrogens is 4. The van der Waals surface area contributed by atoms with Crippen LogP contribution < -0.4 is 10.6 Å². The van der Waals surface area contributed by atoms with Gasteiger partial charge >= 0.3 is 5.69 Å². The van der Waals surface area contributed by atoms with E-state index in [0.29, 0.717) is 29.9 Å². The molecule has 0 radical (unpaired) electrons. The molecule has 3 aromatic heterocycles. The largest absolute Gasteiger partial charge is 0.355 e. The smallest absolute Gasteiger partial charge is 0.349 e. The normalized spacial score (nSPS) is 17.3. The van der Waals surface area contributed by atoms with Crippen LogP contribution in [0.3, 0.4) is 0 Å². The number of fused-ring (bicyclic) bond motifs is 1. The van der Waals surface area contributed by atoms with Gasteiger partial charge in [0.05, 0.1) is 16.8 Å². The first kappa shape index (κ1) is 29.0. The Bertz CT molecular complexity index is 1780. The number of nitrogens with zero attached hydrogens (tertiary/aromatic N) is 6. The SMILES string of the molecule is C=CC(=O)N1CC(C)N(c2nc(=O)n(-c3c(C)ccnc3C(C)C)c3nc(-c4cc(C)ccc4F)c(F)cc23)CC1C. The second-order valence-corrected chi connectivity index (χ2v) is 11.3. The van der Waals surface area contributed by atoms with Crippen LogP contribution in [-0.4, -0.2) is 55.5 Å². The van der Waals surface area contributed by atoms with Gasteiger partial charge in [-0.15, -0.1) is 0 Å². The van der Waals surface area contributed by atoms with E-state index in [4.69, 9.17) is 0 Å². The number of aryl methyl sites for hydroxylation is 2. The number of amides is 1. The summed E-state index contributed by atoms with van der Waals surface area (Å²) in [4.78, 5) is 43.8. The maximum absolute atomic E-state index is 15.9. The molecule has 42 heavy (non-hydrogen) atoms. The van der Waals surface area contributed by atoms with Crippen molar-refractivity contribution in [1.82, 2.24) is 24.4 Å². The first-order valence-electron chi connectivity index (χ1n) is 14.0. The van der Waals surface area contributed by atoms with E-state index < -0.39 is 17.3 Å². The van der Waals surface area contributed by atoms with E-state index in [1.54, 1.807) is 30.2 Å². The second-order valence-electron chi connectivity index (χ2n) is 11.3. The summed E-state index contributed by atoms with van der Waals surface area (Å²) in [7, 11) is 0. The molecule has 4 aromatic rings. The minimum atomic E-state index is -0.742. The van der Waals surface area contributed by atoms with Gasteiger partial charge < -0.3 is 9.80 Å². The molecule has 2 unspecified atom stereocenters. The third kappa shape index (κ3) is 4.95. The molecular weight excluding hydrogens is 538 g/mol. The summed E-state index contributed by atoms with van der Waals surface area (Å²) in [5.74, 6) is -1.35. The van der Waals surface area contributed by atoms with Crippen LogP contribution in [0.5, 0.6) is 0 Å². The molecular formula is C32H34F2N6O2. The highest BCUT2D eigenvalue weighted by molar-refractivity contribution is 5.91. The van der Waals surface area contributed by atoms with Crippen molar-refractivity contribution in [3.63, 3.8) is 0 Å². The van der Waals surface area contributed by atoms with Crippen LogP contribution in [0.4, 0.5) is 14.6 Å². The van der Waals surface area contributed by atoms with Gasteiger partial charge in [0.15, 0.2) is 5.65 Å². The molecule has 0 spiro atoms. The number of hydrogen-bond acceptors (Lipinski definition) is 6. The molecule has 4 heterocycles. The molecule has 1 fully saturated rings. The number of hydrogen-bond donors (Lipinski definition) is 0. The lowest BCUT2D eigenvalue weighted by atomic mass is 10.0. The molecule has 1 aliphatic heterocycles. The standard InChI is InChI=1S/C32H34F2N6O2/c1-8-26(41)38-15-21(7)39(16-20(38)6)30-23-14-25(34)28(22-13-18(4)9-10-24(22)33)36-31(23)40(32(42)37-30)29-19(5)11-12-35-27(29)17(2)3/h8-14,17,20-21H,1,15-16H2,2-7H3. The van der Waals surface area contributed by atoms with E-state index in [-0.39, 0.29) is 46.6 Å². The zero-order valence-corrected chi connectivity index (χ0v) is 24.7. The van der Waals surface area contributed by atoms with E-state index >= 15 is 8.78 Å². The molecule has 8 nitrogen and oxygen atoms in total. The number of carbonyl (C=O) groups is 1. The third-order valence-electron chi connectivity index (χ3n) is 7.82. The molecule has 0 aliphatic carbocycles. The maximum atomic E-state index is 15.9. The van der Waals surface area contributed by atoms with Crippen molar-refractivity contribution in [2.75, 3.05) is 18.0 Å². The number of pyridine rings is 2. The molecule has 0 saturated carbocycles. The lowest BCUT2D eigenvalue weighted by Crippen LogP contribution is -2.58.